The molecule has 1 aromatic rings. The van der Waals surface area contributed by atoms with Gasteiger partial charge in [-0.1, -0.05) is 39.5 Å². The van der Waals surface area contributed by atoms with Crippen LogP contribution in [0, 0.1) is 0 Å². The van der Waals surface area contributed by atoms with E-state index in [0.29, 0.717) is 5.56 Å². The van der Waals surface area contributed by atoms with E-state index in [-0.39, 0.29) is 11.4 Å². The van der Waals surface area contributed by atoms with Crippen LogP contribution >= 0.6 is 0 Å². The molecule has 118 valence electrons. The molecule has 1 unspecified atom stereocenters. The molecule has 0 radical (unpaired) electrons. The molecule has 0 saturated heterocycles. The fourth-order valence-electron chi connectivity index (χ4n) is 2.66. The summed E-state index contributed by atoms with van der Waals surface area (Å²) in [6.45, 7) is 6.53. The number of unbranched alkanes of at least 4 members (excludes halogenated alkanes) is 2. The van der Waals surface area contributed by atoms with Crippen LogP contribution in [-0.4, -0.2) is 18.6 Å². The number of ether oxygens (including phenoxy) is 1. The highest BCUT2D eigenvalue weighted by Gasteiger charge is 2.25. The van der Waals surface area contributed by atoms with Gasteiger partial charge in [0.1, 0.15) is 5.75 Å². The second kappa shape index (κ2) is 8.71. The van der Waals surface area contributed by atoms with Gasteiger partial charge in [0.15, 0.2) is 0 Å². The van der Waals surface area contributed by atoms with Crippen LogP contribution in [-0.2, 0) is 0 Å². The molecule has 0 saturated carbocycles. The van der Waals surface area contributed by atoms with E-state index in [4.69, 9.17) is 4.74 Å². The highest BCUT2D eigenvalue weighted by molar-refractivity contribution is 5.94. The lowest BCUT2D eigenvalue weighted by atomic mass is 9.89. The first-order valence-electron chi connectivity index (χ1n) is 8.01. The fraction of sp³-hybridized carbons (Fsp3) is 0.611. The number of methoxy groups -OCH3 is 1. The van der Waals surface area contributed by atoms with E-state index in [0.717, 1.165) is 31.4 Å². The minimum Gasteiger partial charge on any atom is -0.497 e. The van der Waals surface area contributed by atoms with Crippen LogP contribution in [0.15, 0.2) is 24.3 Å². The molecule has 0 aliphatic heterocycles. The zero-order valence-corrected chi connectivity index (χ0v) is 13.9. The first-order valence-corrected chi connectivity index (χ1v) is 8.01. The van der Waals surface area contributed by atoms with E-state index in [1.807, 2.05) is 24.3 Å². The number of rotatable bonds is 9. The second-order valence-corrected chi connectivity index (χ2v) is 5.95. The van der Waals surface area contributed by atoms with Crippen molar-refractivity contribution < 1.29 is 9.53 Å². The van der Waals surface area contributed by atoms with E-state index in [9.17, 15) is 4.79 Å². The molecule has 3 heteroatoms. The van der Waals surface area contributed by atoms with Crippen LogP contribution in [0.5, 0.6) is 5.75 Å². The highest BCUT2D eigenvalue weighted by atomic mass is 16.5. The average Bonchev–Trinajstić information content (AvgIpc) is 2.47. The molecule has 1 aromatic carbocycles. The lowest BCUT2D eigenvalue weighted by molar-refractivity contribution is 0.0894. The molecule has 21 heavy (non-hydrogen) atoms. The molecule has 0 aliphatic rings. The largest absolute Gasteiger partial charge is 0.497 e. The monoisotopic (exact) mass is 291 g/mol. The lowest BCUT2D eigenvalue weighted by Gasteiger charge is -2.31. The smallest absolute Gasteiger partial charge is 0.251 e. The lowest BCUT2D eigenvalue weighted by Crippen LogP contribution is -2.45. The van der Waals surface area contributed by atoms with E-state index in [2.05, 4.69) is 26.1 Å². The summed E-state index contributed by atoms with van der Waals surface area (Å²) in [6, 6.07) is 7.27. The SMILES string of the molecule is CCCCCC(C)(CCC)NC(=O)c1ccc(OC)cc1. The summed E-state index contributed by atoms with van der Waals surface area (Å²) in [7, 11) is 1.63. The van der Waals surface area contributed by atoms with Crippen molar-refractivity contribution in [1.82, 2.24) is 5.32 Å². The van der Waals surface area contributed by atoms with Gasteiger partial charge in [0, 0.05) is 11.1 Å². The minimum absolute atomic E-state index is 0.00472. The predicted molar refractivity (Wildman–Crippen MR) is 87.9 cm³/mol. The van der Waals surface area contributed by atoms with Crippen molar-refractivity contribution in [1.29, 1.82) is 0 Å². The Balaban J connectivity index is 2.69. The maximum Gasteiger partial charge on any atom is 0.251 e. The topological polar surface area (TPSA) is 38.3 Å². The maximum absolute atomic E-state index is 12.4. The third-order valence-electron chi connectivity index (χ3n) is 3.90. The van der Waals surface area contributed by atoms with Gasteiger partial charge in [-0.2, -0.15) is 0 Å². The van der Waals surface area contributed by atoms with Gasteiger partial charge in [0.2, 0.25) is 0 Å². The Kier molecular flexibility index (Phi) is 7.27. The van der Waals surface area contributed by atoms with E-state index >= 15 is 0 Å². The molecule has 1 N–H and O–H groups in total. The molecule has 1 amide bonds. The third-order valence-corrected chi connectivity index (χ3v) is 3.90. The molecule has 1 atom stereocenters. The van der Waals surface area contributed by atoms with E-state index < -0.39 is 0 Å². The van der Waals surface area contributed by atoms with Gasteiger partial charge in [-0.3, -0.25) is 4.79 Å². The molecule has 0 spiro atoms. The Morgan fingerprint density at radius 3 is 2.29 bits per heavy atom. The molecular formula is C18H29NO2. The molecule has 0 fully saturated rings. The molecule has 3 nitrogen and oxygen atoms in total. The van der Waals surface area contributed by atoms with Gasteiger partial charge in [0.05, 0.1) is 7.11 Å². The zero-order chi connectivity index (χ0) is 15.7. The predicted octanol–water partition coefficient (Wildman–Crippen LogP) is 4.56. The minimum atomic E-state index is -0.110. The van der Waals surface area contributed by atoms with Crippen molar-refractivity contribution in [2.24, 2.45) is 0 Å². The Labute approximate surface area is 129 Å². The summed E-state index contributed by atoms with van der Waals surface area (Å²) in [5.41, 5.74) is 0.578. The van der Waals surface area contributed by atoms with Gasteiger partial charge < -0.3 is 10.1 Å². The molecule has 0 aromatic heterocycles. The standard InChI is InChI=1S/C18H29NO2/c1-5-7-8-14-18(3,13-6-2)19-17(20)15-9-11-16(21-4)12-10-15/h9-12H,5-8,13-14H2,1-4H3,(H,19,20). The highest BCUT2D eigenvalue weighted by Crippen LogP contribution is 2.22. The van der Waals surface area contributed by atoms with Crippen LogP contribution in [0.25, 0.3) is 0 Å². The number of hydrogen-bond donors (Lipinski definition) is 1. The quantitative estimate of drug-likeness (QED) is 0.677. The van der Waals surface area contributed by atoms with E-state index in [1.54, 1.807) is 7.11 Å². The van der Waals surface area contributed by atoms with Crippen LogP contribution < -0.4 is 10.1 Å². The Morgan fingerprint density at radius 1 is 1.10 bits per heavy atom. The summed E-state index contributed by atoms with van der Waals surface area (Å²) >= 11 is 0. The Hall–Kier alpha value is -1.51. The summed E-state index contributed by atoms with van der Waals surface area (Å²) in [6.07, 6.45) is 6.71. The molecular weight excluding hydrogens is 262 g/mol. The first-order chi connectivity index (χ1) is 10.0. The van der Waals surface area contributed by atoms with Crippen LogP contribution in [0.2, 0.25) is 0 Å². The van der Waals surface area contributed by atoms with Crippen LogP contribution in [0.4, 0.5) is 0 Å². The first kappa shape index (κ1) is 17.5. The number of amides is 1. The zero-order valence-electron chi connectivity index (χ0n) is 13.9. The van der Waals surface area contributed by atoms with Gasteiger partial charge >= 0.3 is 0 Å². The van der Waals surface area contributed by atoms with Gasteiger partial charge in [-0.25, -0.2) is 0 Å². The van der Waals surface area contributed by atoms with Crippen molar-refractivity contribution in [2.45, 2.75) is 64.8 Å². The summed E-state index contributed by atoms with van der Waals surface area (Å²) in [5.74, 6) is 0.774. The van der Waals surface area contributed by atoms with Gasteiger partial charge in [0.25, 0.3) is 5.91 Å². The second-order valence-electron chi connectivity index (χ2n) is 5.95. The number of benzene rings is 1. The fourth-order valence-corrected chi connectivity index (χ4v) is 2.66. The number of hydrogen-bond acceptors (Lipinski definition) is 2. The van der Waals surface area contributed by atoms with Gasteiger partial charge in [-0.15, -0.1) is 0 Å². The molecule has 1 rings (SSSR count). The molecule has 0 aliphatic carbocycles. The number of carbonyl (C=O) groups excluding carboxylic acids is 1. The average molecular weight is 291 g/mol. The molecule has 0 heterocycles. The van der Waals surface area contributed by atoms with Crippen LogP contribution in [0.1, 0.15) is 69.7 Å². The number of nitrogens with one attached hydrogen (secondary N) is 1. The van der Waals surface area contributed by atoms with Crippen molar-refractivity contribution >= 4 is 5.91 Å². The van der Waals surface area contributed by atoms with Crippen molar-refractivity contribution in [3.8, 4) is 5.75 Å². The van der Waals surface area contributed by atoms with Crippen molar-refractivity contribution in [2.75, 3.05) is 7.11 Å². The number of carbonyl (C=O) groups is 1. The van der Waals surface area contributed by atoms with Crippen LogP contribution in [0.3, 0.4) is 0 Å². The summed E-state index contributed by atoms with van der Waals surface area (Å²) < 4.78 is 5.12. The van der Waals surface area contributed by atoms with Crippen molar-refractivity contribution in [3.05, 3.63) is 29.8 Å². The third kappa shape index (κ3) is 5.78. The molecule has 0 bridgehead atoms. The normalized spacial score (nSPS) is 13.5. The summed E-state index contributed by atoms with van der Waals surface area (Å²) in [5, 5.41) is 3.23. The Morgan fingerprint density at radius 2 is 1.76 bits per heavy atom. The maximum atomic E-state index is 12.4. The summed E-state index contributed by atoms with van der Waals surface area (Å²) in [4.78, 5) is 12.4. The Bertz CT molecular complexity index is 427. The van der Waals surface area contributed by atoms with E-state index in [1.165, 1.54) is 12.8 Å². The van der Waals surface area contributed by atoms with Crippen molar-refractivity contribution in [3.63, 3.8) is 0 Å². The van der Waals surface area contributed by atoms with Gasteiger partial charge in [-0.05, 0) is 44.0 Å².